The van der Waals surface area contributed by atoms with Crippen molar-refractivity contribution in [2.75, 3.05) is 0 Å². The lowest BCUT2D eigenvalue weighted by molar-refractivity contribution is 0.0935. The highest BCUT2D eigenvalue weighted by Crippen LogP contribution is 2.20. The number of furan rings is 1. The predicted octanol–water partition coefficient (Wildman–Crippen LogP) is 4.29. The van der Waals surface area contributed by atoms with Gasteiger partial charge in [0.15, 0.2) is 0 Å². The first-order valence-electron chi connectivity index (χ1n) is 9.07. The fourth-order valence-corrected chi connectivity index (χ4v) is 3.93. The fourth-order valence-electron chi connectivity index (χ4n) is 2.81. The van der Waals surface area contributed by atoms with Crippen molar-refractivity contribution >= 4 is 27.5 Å². The smallest absolute Gasteiger partial charge is 0.251 e. The van der Waals surface area contributed by atoms with Gasteiger partial charge in [-0.3, -0.25) is 4.79 Å². The molecule has 3 aromatic rings. The second-order valence-corrected chi connectivity index (χ2v) is 8.62. The van der Waals surface area contributed by atoms with E-state index in [1.54, 1.807) is 24.3 Å². The SMILES string of the molecule is CCC(NC(=O)c1ccc(S(=O)(=O)NCc2ccco2)cc1)c1ccc(Cl)cc1. The van der Waals surface area contributed by atoms with Crippen molar-refractivity contribution in [3.05, 3.63) is 88.8 Å². The van der Waals surface area contributed by atoms with E-state index in [1.807, 2.05) is 19.1 Å². The van der Waals surface area contributed by atoms with E-state index in [0.29, 0.717) is 22.8 Å². The average molecular weight is 433 g/mol. The lowest BCUT2D eigenvalue weighted by Gasteiger charge is -2.18. The zero-order valence-electron chi connectivity index (χ0n) is 15.8. The van der Waals surface area contributed by atoms with Crippen molar-refractivity contribution in [3.63, 3.8) is 0 Å². The van der Waals surface area contributed by atoms with E-state index in [4.69, 9.17) is 16.0 Å². The maximum Gasteiger partial charge on any atom is 0.251 e. The minimum Gasteiger partial charge on any atom is -0.468 e. The third-order valence-corrected chi connectivity index (χ3v) is 6.10. The number of nitrogens with one attached hydrogen (secondary N) is 2. The molecule has 6 nitrogen and oxygen atoms in total. The van der Waals surface area contributed by atoms with E-state index >= 15 is 0 Å². The lowest BCUT2D eigenvalue weighted by Crippen LogP contribution is -2.28. The summed E-state index contributed by atoms with van der Waals surface area (Å²) in [5, 5.41) is 3.59. The molecule has 2 aromatic carbocycles. The molecule has 1 amide bonds. The Morgan fingerprint density at radius 2 is 1.76 bits per heavy atom. The molecule has 8 heteroatoms. The highest BCUT2D eigenvalue weighted by Gasteiger charge is 2.17. The third kappa shape index (κ3) is 5.47. The average Bonchev–Trinajstić information content (AvgIpc) is 3.25. The van der Waals surface area contributed by atoms with Crippen molar-refractivity contribution in [3.8, 4) is 0 Å². The highest BCUT2D eigenvalue weighted by molar-refractivity contribution is 7.89. The van der Waals surface area contributed by atoms with Crippen LogP contribution in [0.3, 0.4) is 0 Å². The fraction of sp³-hybridized carbons (Fsp3) is 0.190. The van der Waals surface area contributed by atoms with Crippen LogP contribution in [0.1, 0.15) is 41.1 Å². The van der Waals surface area contributed by atoms with Gasteiger partial charge in [-0.1, -0.05) is 30.7 Å². The van der Waals surface area contributed by atoms with E-state index < -0.39 is 10.0 Å². The van der Waals surface area contributed by atoms with Crippen molar-refractivity contribution in [2.24, 2.45) is 0 Å². The molecule has 0 saturated heterocycles. The summed E-state index contributed by atoms with van der Waals surface area (Å²) < 4.78 is 32.3. The molecule has 0 fully saturated rings. The summed E-state index contributed by atoms with van der Waals surface area (Å²) in [6.45, 7) is 2.02. The molecule has 0 aliphatic heterocycles. The molecule has 1 heterocycles. The third-order valence-electron chi connectivity index (χ3n) is 4.43. The molecular formula is C21H21ClN2O4S. The van der Waals surface area contributed by atoms with Crippen LogP contribution < -0.4 is 10.0 Å². The molecule has 152 valence electrons. The van der Waals surface area contributed by atoms with Crippen LogP contribution in [0.15, 0.2) is 76.2 Å². The van der Waals surface area contributed by atoms with Crippen molar-refractivity contribution < 1.29 is 17.6 Å². The summed E-state index contributed by atoms with van der Waals surface area (Å²) in [4.78, 5) is 12.7. The molecule has 1 atom stereocenters. The quantitative estimate of drug-likeness (QED) is 0.555. The molecule has 1 aromatic heterocycles. The summed E-state index contributed by atoms with van der Waals surface area (Å²) in [5.41, 5.74) is 1.33. The molecular weight excluding hydrogens is 412 g/mol. The zero-order valence-corrected chi connectivity index (χ0v) is 17.3. The topological polar surface area (TPSA) is 88.4 Å². The number of sulfonamides is 1. The van der Waals surface area contributed by atoms with Gasteiger partial charge in [-0.05, 0) is 60.5 Å². The van der Waals surface area contributed by atoms with Crippen LogP contribution in [-0.4, -0.2) is 14.3 Å². The summed E-state index contributed by atoms with van der Waals surface area (Å²) in [6.07, 6.45) is 2.18. The second-order valence-electron chi connectivity index (χ2n) is 6.41. The minimum absolute atomic E-state index is 0.0524. The Balaban J connectivity index is 1.66. The summed E-state index contributed by atoms with van der Waals surface area (Å²) in [5.74, 6) is 0.233. The summed E-state index contributed by atoms with van der Waals surface area (Å²) in [6, 6.07) is 16.3. The number of carbonyl (C=O) groups excluding carboxylic acids is 1. The molecule has 3 rings (SSSR count). The van der Waals surface area contributed by atoms with Gasteiger partial charge in [0.1, 0.15) is 5.76 Å². The van der Waals surface area contributed by atoms with Crippen LogP contribution in [0.2, 0.25) is 5.02 Å². The molecule has 0 bridgehead atoms. The largest absolute Gasteiger partial charge is 0.468 e. The van der Waals surface area contributed by atoms with E-state index in [2.05, 4.69) is 10.0 Å². The predicted molar refractivity (Wildman–Crippen MR) is 111 cm³/mol. The van der Waals surface area contributed by atoms with Gasteiger partial charge >= 0.3 is 0 Å². The summed E-state index contributed by atoms with van der Waals surface area (Å²) >= 11 is 5.92. The van der Waals surface area contributed by atoms with Crippen LogP contribution in [0.4, 0.5) is 0 Å². The lowest BCUT2D eigenvalue weighted by atomic mass is 10.0. The van der Waals surface area contributed by atoms with Gasteiger partial charge in [0.05, 0.1) is 23.7 Å². The van der Waals surface area contributed by atoms with Gasteiger partial charge in [0.25, 0.3) is 5.91 Å². The Bertz CT molecular complexity index is 1050. The number of hydrogen-bond acceptors (Lipinski definition) is 4. The molecule has 2 N–H and O–H groups in total. The van der Waals surface area contributed by atoms with Crippen LogP contribution in [0.5, 0.6) is 0 Å². The maximum atomic E-state index is 12.6. The van der Waals surface area contributed by atoms with E-state index in [1.165, 1.54) is 30.5 Å². The van der Waals surface area contributed by atoms with Crippen LogP contribution in [0.25, 0.3) is 0 Å². The number of hydrogen-bond donors (Lipinski definition) is 2. The van der Waals surface area contributed by atoms with Gasteiger partial charge in [-0.15, -0.1) is 0 Å². The Kier molecular flexibility index (Phi) is 6.74. The summed E-state index contributed by atoms with van der Waals surface area (Å²) in [7, 11) is -3.71. The van der Waals surface area contributed by atoms with E-state index in [-0.39, 0.29) is 23.4 Å². The normalized spacial score (nSPS) is 12.5. The molecule has 0 radical (unpaired) electrons. The van der Waals surface area contributed by atoms with Gasteiger partial charge in [-0.25, -0.2) is 13.1 Å². The van der Waals surface area contributed by atoms with Gasteiger partial charge in [0, 0.05) is 10.6 Å². The number of halogens is 1. The van der Waals surface area contributed by atoms with Crippen molar-refractivity contribution in [2.45, 2.75) is 30.8 Å². The Morgan fingerprint density at radius 3 is 2.34 bits per heavy atom. The standard InChI is InChI=1S/C21H21ClN2O4S/c1-2-20(15-5-9-17(22)10-6-15)24-21(25)16-7-11-19(12-8-16)29(26,27)23-14-18-4-3-13-28-18/h3-13,20,23H,2,14H2,1H3,(H,24,25). The molecule has 0 spiro atoms. The monoisotopic (exact) mass is 432 g/mol. The molecule has 0 aliphatic carbocycles. The molecule has 29 heavy (non-hydrogen) atoms. The number of rotatable bonds is 8. The van der Waals surface area contributed by atoms with Gasteiger partial charge in [-0.2, -0.15) is 0 Å². The first-order valence-corrected chi connectivity index (χ1v) is 10.9. The van der Waals surface area contributed by atoms with Crippen molar-refractivity contribution in [1.82, 2.24) is 10.0 Å². The van der Waals surface area contributed by atoms with Crippen molar-refractivity contribution in [1.29, 1.82) is 0 Å². The number of carbonyl (C=O) groups is 1. The van der Waals surface area contributed by atoms with Gasteiger partial charge in [0.2, 0.25) is 10.0 Å². The van der Waals surface area contributed by atoms with Crippen LogP contribution in [-0.2, 0) is 16.6 Å². The second kappa shape index (κ2) is 9.26. The molecule has 1 unspecified atom stereocenters. The Morgan fingerprint density at radius 1 is 1.07 bits per heavy atom. The number of amides is 1. The molecule has 0 saturated carbocycles. The van der Waals surface area contributed by atoms with Crippen LogP contribution in [0, 0.1) is 0 Å². The van der Waals surface area contributed by atoms with Crippen LogP contribution >= 0.6 is 11.6 Å². The van der Waals surface area contributed by atoms with E-state index in [0.717, 1.165) is 5.56 Å². The maximum absolute atomic E-state index is 12.6. The zero-order chi connectivity index (χ0) is 20.9. The van der Waals surface area contributed by atoms with Gasteiger partial charge < -0.3 is 9.73 Å². The van der Waals surface area contributed by atoms with E-state index in [9.17, 15) is 13.2 Å². The Hall–Kier alpha value is -2.61. The Labute approximate surface area is 174 Å². The first kappa shape index (κ1) is 21.1. The molecule has 0 aliphatic rings. The number of benzene rings is 2. The first-order chi connectivity index (χ1) is 13.9. The highest BCUT2D eigenvalue weighted by atomic mass is 35.5. The minimum atomic E-state index is -3.71.